The van der Waals surface area contributed by atoms with Gasteiger partial charge < -0.3 is 19.5 Å². The van der Waals surface area contributed by atoms with E-state index in [0.717, 1.165) is 18.4 Å². The molecule has 0 spiro atoms. The Morgan fingerprint density at radius 2 is 2.20 bits per heavy atom. The van der Waals surface area contributed by atoms with Crippen molar-refractivity contribution in [2.75, 3.05) is 39.2 Å². The average molecular weight is 280 g/mol. The van der Waals surface area contributed by atoms with E-state index >= 15 is 0 Å². The normalized spacial score (nSPS) is 19.1. The molecule has 5 nitrogen and oxygen atoms in total. The summed E-state index contributed by atoms with van der Waals surface area (Å²) in [6.07, 6.45) is 7.84. The smallest absolute Gasteiger partial charge is 0.203 e. The van der Waals surface area contributed by atoms with E-state index in [1.54, 1.807) is 7.11 Å². The van der Waals surface area contributed by atoms with Crippen molar-refractivity contribution in [3.8, 4) is 0 Å². The Balaban J connectivity index is 1.79. The second kappa shape index (κ2) is 7.64. The number of hydrogen-bond donors (Lipinski definition) is 1. The largest absolute Gasteiger partial charge is 0.383 e. The summed E-state index contributed by atoms with van der Waals surface area (Å²) in [6, 6.07) is 0.282. The number of nitrogens with one attached hydrogen (secondary N) is 1. The Hall–Kier alpha value is -1.07. The molecule has 0 amide bonds. The molecule has 0 saturated carbocycles. The highest BCUT2D eigenvalue weighted by Crippen LogP contribution is 2.21. The molecular formula is C15H28N4O. The van der Waals surface area contributed by atoms with E-state index in [1.165, 1.54) is 32.4 Å². The molecule has 5 heteroatoms. The van der Waals surface area contributed by atoms with E-state index in [0.29, 0.717) is 6.61 Å². The molecule has 1 aromatic heterocycles. The number of aromatic nitrogens is 2. The highest BCUT2D eigenvalue weighted by atomic mass is 16.5. The van der Waals surface area contributed by atoms with Gasteiger partial charge in [-0.3, -0.25) is 0 Å². The van der Waals surface area contributed by atoms with Gasteiger partial charge in [-0.15, -0.1) is 0 Å². The highest BCUT2D eigenvalue weighted by Gasteiger charge is 2.17. The Kier molecular flexibility index (Phi) is 5.86. The molecule has 0 aliphatic carbocycles. The van der Waals surface area contributed by atoms with Gasteiger partial charge in [-0.05, 0) is 52.2 Å². The molecule has 2 rings (SSSR count). The minimum Gasteiger partial charge on any atom is -0.383 e. The number of methoxy groups -OCH3 is 1. The van der Waals surface area contributed by atoms with Gasteiger partial charge in [-0.25, -0.2) is 4.98 Å². The summed E-state index contributed by atoms with van der Waals surface area (Å²) in [6.45, 7) is 6.34. The maximum absolute atomic E-state index is 5.15. The molecule has 0 aromatic carbocycles. The Morgan fingerprint density at radius 1 is 1.45 bits per heavy atom. The van der Waals surface area contributed by atoms with Crippen LogP contribution in [0.2, 0.25) is 0 Å². The van der Waals surface area contributed by atoms with Crippen molar-refractivity contribution in [3.63, 3.8) is 0 Å². The van der Waals surface area contributed by atoms with Crippen LogP contribution in [-0.4, -0.2) is 54.3 Å². The highest BCUT2D eigenvalue weighted by molar-refractivity contribution is 5.27. The van der Waals surface area contributed by atoms with Gasteiger partial charge in [0.1, 0.15) is 0 Å². The molecule has 1 N–H and O–H groups in total. The average Bonchev–Trinajstić information content (AvgIpc) is 2.86. The van der Waals surface area contributed by atoms with Gasteiger partial charge in [-0.2, -0.15) is 0 Å². The molecule has 1 aliphatic heterocycles. The lowest BCUT2D eigenvalue weighted by atomic mass is 9.94. The summed E-state index contributed by atoms with van der Waals surface area (Å²) in [7, 11) is 3.94. The van der Waals surface area contributed by atoms with Crippen LogP contribution in [0.15, 0.2) is 12.4 Å². The third-order valence-electron chi connectivity index (χ3n) is 4.12. The van der Waals surface area contributed by atoms with Crippen LogP contribution in [0.3, 0.4) is 0 Å². The standard InChI is InChI=1S/C15H28N4O/c1-13(12-20-3)17-15-16-7-11-19(15)10-6-14-4-8-18(2)9-5-14/h7,11,13-14H,4-6,8-10,12H2,1-3H3,(H,16,17). The van der Waals surface area contributed by atoms with Gasteiger partial charge in [0.05, 0.1) is 6.61 Å². The second-order valence-electron chi connectivity index (χ2n) is 5.98. The number of aryl methyl sites for hydroxylation is 1. The molecule has 1 atom stereocenters. The zero-order chi connectivity index (χ0) is 14.4. The van der Waals surface area contributed by atoms with Crippen LogP contribution in [0.1, 0.15) is 26.2 Å². The van der Waals surface area contributed by atoms with E-state index in [1.807, 2.05) is 6.20 Å². The third kappa shape index (κ3) is 4.49. The summed E-state index contributed by atoms with van der Waals surface area (Å²) < 4.78 is 7.38. The fourth-order valence-corrected chi connectivity index (χ4v) is 2.81. The van der Waals surface area contributed by atoms with Crippen LogP contribution in [0.25, 0.3) is 0 Å². The van der Waals surface area contributed by atoms with Crippen LogP contribution in [0, 0.1) is 5.92 Å². The van der Waals surface area contributed by atoms with Crippen LogP contribution < -0.4 is 5.32 Å². The molecule has 1 saturated heterocycles. The van der Waals surface area contributed by atoms with Crippen molar-refractivity contribution >= 4 is 5.95 Å². The number of likely N-dealkylation sites (tertiary alicyclic amines) is 1. The van der Waals surface area contributed by atoms with Crippen molar-refractivity contribution in [1.29, 1.82) is 0 Å². The monoisotopic (exact) mass is 280 g/mol. The predicted octanol–water partition coefficient (Wildman–Crippen LogP) is 2.06. The SMILES string of the molecule is COCC(C)Nc1nccn1CCC1CCN(C)CC1. The summed E-state index contributed by atoms with van der Waals surface area (Å²) >= 11 is 0. The van der Waals surface area contributed by atoms with Gasteiger partial charge in [0.15, 0.2) is 0 Å². The van der Waals surface area contributed by atoms with Crippen LogP contribution in [0.5, 0.6) is 0 Å². The number of ether oxygens (including phenoxy) is 1. The Labute approximate surface area is 122 Å². The lowest BCUT2D eigenvalue weighted by molar-refractivity contribution is 0.190. The predicted molar refractivity (Wildman–Crippen MR) is 82.0 cm³/mol. The number of imidazole rings is 1. The lowest BCUT2D eigenvalue weighted by Crippen LogP contribution is -2.30. The molecule has 0 radical (unpaired) electrons. The number of anilines is 1. The van der Waals surface area contributed by atoms with Crippen molar-refractivity contribution in [1.82, 2.24) is 14.5 Å². The lowest BCUT2D eigenvalue weighted by Gasteiger charge is -2.29. The van der Waals surface area contributed by atoms with Gasteiger partial charge in [-0.1, -0.05) is 0 Å². The minimum atomic E-state index is 0.282. The fourth-order valence-electron chi connectivity index (χ4n) is 2.81. The first-order chi connectivity index (χ1) is 9.69. The van der Waals surface area contributed by atoms with E-state index in [4.69, 9.17) is 4.74 Å². The summed E-state index contributed by atoms with van der Waals surface area (Å²) in [5, 5.41) is 3.40. The van der Waals surface area contributed by atoms with Gasteiger partial charge >= 0.3 is 0 Å². The Morgan fingerprint density at radius 3 is 2.90 bits per heavy atom. The maximum atomic E-state index is 5.15. The number of rotatable bonds is 7. The molecule has 1 aromatic rings. The molecule has 2 heterocycles. The minimum absolute atomic E-state index is 0.282. The quantitative estimate of drug-likeness (QED) is 0.830. The topological polar surface area (TPSA) is 42.3 Å². The van der Waals surface area contributed by atoms with Crippen LogP contribution in [0.4, 0.5) is 5.95 Å². The number of nitrogens with zero attached hydrogens (tertiary/aromatic N) is 3. The molecule has 114 valence electrons. The summed E-state index contributed by atoms with van der Waals surface area (Å²) in [5.41, 5.74) is 0. The van der Waals surface area contributed by atoms with Crippen molar-refractivity contribution in [2.45, 2.75) is 38.8 Å². The van der Waals surface area contributed by atoms with Gasteiger partial charge in [0.2, 0.25) is 5.95 Å². The van der Waals surface area contributed by atoms with Crippen molar-refractivity contribution in [3.05, 3.63) is 12.4 Å². The molecule has 0 bridgehead atoms. The van der Waals surface area contributed by atoms with E-state index < -0.39 is 0 Å². The summed E-state index contributed by atoms with van der Waals surface area (Å²) in [4.78, 5) is 6.83. The molecular weight excluding hydrogens is 252 g/mol. The molecule has 1 unspecified atom stereocenters. The van der Waals surface area contributed by atoms with E-state index in [2.05, 4.69) is 39.9 Å². The first-order valence-corrected chi connectivity index (χ1v) is 7.64. The van der Waals surface area contributed by atoms with Crippen LogP contribution in [-0.2, 0) is 11.3 Å². The third-order valence-corrected chi connectivity index (χ3v) is 4.12. The first-order valence-electron chi connectivity index (χ1n) is 7.64. The van der Waals surface area contributed by atoms with Crippen molar-refractivity contribution in [2.24, 2.45) is 5.92 Å². The van der Waals surface area contributed by atoms with E-state index in [9.17, 15) is 0 Å². The zero-order valence-corrected chi connectivity index (χ0v) is 13.0. The zero-order valence-electron chi connectivity index (χ0n) is 13.0. The summed E-state index contributed by atoms with van der Waals surface area (Å²) in [5.74, 6) is 1.82. The molecule has 20 heavy (non-hydrogen) atoms. The van der Waals surface area contributed by atoms with Crippen molar-refractivity contribution < 1.29 is 4.74 Å². The maximum Gasteiger partial charge on any atom is 0.203 e. The first kappa shape index (κ1) is 15.3. The Bertz CT molecular complexity index is 385. The second-order valence-corrected chi connectivity index (χ2v) is 5.98. The molecule has 1 fully saturated rings. The van der Waals surface area contributed by atoms with E-state index in [-0.39, 0.29) is 6.04 Å². The number of hydrogen-bond acceptors (Lipinski definition) is 4. The van der Waals surface area contributed by atoms with Crippen LogP contribution >= 0.6 is 0 Å². The molecule has 1 aliphatic rings. The fraction of sp³-hybridized carbons (Fsp3) is 0.800. The van der Waals surface area contributed by atoms with Gasteiger partial charge in [0.25, 0.3) is 0 Å². The number of piperidine rings is 1. The van der Waals surface area contributed by atoms with Gasteiger partial charge in [0, 0.05) is 32.1 Å².